The molecule has 1 atom stereocenters. The highest BCUT2D eigenvalue weighted by atomic mass is 16.5. The number of likely N-dealkylation sites (tertiary alicyclic amines) is 2. The molecule has 5 heteroatoms. The second-order valence-electron chi connectivity index (χ2n) is 6.39. The normalized spacial score (nSPS) is 26.9. The van der Waals surface area contributed by atoms with Crippen molar-refractivity contribution in [1.29, 1.82) is 0 Å². The van der Waals surface area contributed by atoms with E-state index in [2.05, 4.69) is 11.9 Å². The van der Waals surface area contributed by atoms with Gasteiger partial charge in [-0.1, -0.05) is 0 Å². The van der Waals surface area contributed by atoms with Gasteiger partial charge in [0.15, 0.2) is 0 Å². The number of methoxy groups -OCH3 is 1. The van der Waals surface area contributed by atoms with E-state index in [1.54, 1.807) is 12.0 Å². The van der Waals surface area contributed by atoms with Gasteiger partial charge in [0.05, 0.1) is 6.61 Å². The van der Waals surface area contributed by atoms with Gasteiger partial charge in [-0.05, 0) is 31.7 Å². The Kier molecular flexibility index (Phi) is 4.36. The topological polar surface area (TPSA) is 36.0 Å². The Balaban J connectivity index is 1.91. The number of carbonyl (C=O) groups is 1. The Hall–Kier alpha value is -0.810. The molecule has 2 saturated heterocycles. The number of carbonyl (C=O) groups excluding carboxylic acids is 1. The fourth-order valence-electron chi connectivity index (χ4n) is 3.57. The summed E-state index contributed by atoms with van der Waals surface area (Å²) in [4.78, 5) is 18.0. The van der Waals surface area contributed by atoms with Crippen LogP contribution < -0.4 is 0 Å². The minimum absolute atomic E-state index is 0.148. The molecule has 1 spiro atoms. The minimum atomic E-state index is 0.148. The Morgan fingerprint density at radius 3 is 2.53 bits per heavy atom. The zero-order valence-corrected chi connectivity index (χ0v) is 12.7. The molecule has 2 rings (SSSR count). The van der Waals surface area contributed by atoms with Gasteiger partial charge in [0.1, 0.15) is 0 Å². The average molecular weight is 269 g/mol. The highest BCUT2D eigenvalue weighted by molar-refractivity contribution is 5.73. The van der Waals surface area contributed by atoms with E-state index in [4.69, 9.17) is 4.74 Å². The lowest BCUT2D eigenvalue weighted by atomic mass is 9.76. The van der Waals surface area contributed by atoms with E-state index in [0.29, 0.717) is 11.5 Å². The van der Waals surface area contributed by atoms with Crippen LogP contribution in [0.25, 0.3) is 0 Å². The molecule has 5 nitrogen and oxygen atoms in total. The van der Waals surface area contributed by atoms with Crippen LogP contribution in [0.4, 0.5) is 4.79 Å². The summed E-state index contributed by atoms with van der Waals surface area (Å²) in [5.74, 6) is 0. The Bertz CT molecular complexity index is 325. The number of hydrogen-bond acceptors (Lipinski definition) is 3. The molecule has 19 heavy (non-hydrogen) atoms. The number of likely N-dealkylation sites (N-methyl/N-ethyl adjacent to an activating group) is 1. The maximum atomic E-state index is 12.0. The molecule has 110 valence electrons. The van der Waals surface area contributed by atoms with Crippen molar-refractivity contribution in [3.8, 4) is 0 Å². The summed E-state index contributed by atoms with van der Waals surface area (Å²) in [6.07, 6.45) is 3.45. The van der Waals surface area contributed by atoms with Gasteiger partial charge in [-0.15, -0.1) is 0 Å². The highest BCUT2D eigenvalue weighted by Gasteiger charge is 2.44. The number of piperidine rings is 1. The van der Waals surface area contributed by atoms with Crippen molar-refractivity contribution in [2.24, 2.45) is 5.41 Å². The fourth-order valence-corrected chi connectivity index (χ4v) is 3.57. The summed E-state index contributed by atoms with van der Waals surface area (Å²) in [6, 6.07) is 0.691. The van der Waals surface area contributed by atoms with Crippen LogP contribution in [0.3, 0.4) is 0 Å². The fraction of sp³-hybridized carbons (Fsp3) is 0.929. The van der Waals surface area contributed by atoms with Crippen LogP contribution >= 0.6 is 0 Å². The zero-order valence-electron chi connectivity index (χ0n) is 12.7. The lowest BCUT2D eigenvalue weighted by Gasteiger charge is -2.40. The largest absolute Gasteiger partial charge is 0.383 e. The molecular formula is C14H27N3O2. The number of hydrogen-bond donors (Lipinski definition) is 0. The quantitative estimate of drug-likeness (QED) is 0.753. The summed E-state index contributed by atoms with van der Waals surface area (Å²) < 4.78 is 5.31. The predicted molar refractivity (Wildman–Crippen MR) is 75.2 cm³/mol. The van der Waals surface area contributed by atoms with Crippen molar-refractivity contribution < 1.29 is 9.53 Å². The first kappa shape index (κ1) is 14.6. The third-order valence-corrected chi connectivity index (χ3v) is 4.71. The number of rotatable bonds is 2. The standard InChI is InChI=1S/C14H27N3O2/c1-15(2)13(18)17-7-5-14(6-8-17)9-12(10-19-4)16(3)11-14/h12H,5-11H2,1-4H3/t12-/m1/s1. The van der Waals surface area contributed by atoms with E-state index in [9.17, 15) is 4.79 Å². The summed E-state index contributed by atoms with van der Waals surface area (Å²) in [7, 11) is 7.61. The summed E-state index contributed by atoms with van der Waals surface area (Å²) in [5, 5.41) is 0. The van der Waals surface area contributed by atoms with E-state index < -0.39 is 0 Å². The number of ether oxygens (including phenoxy) is 1. The van der Waals surface area contributed by atoms with Gasteiger partial charge in [-0.2, -0.15) is 0 Å². The number of amides is 2. The summed E-state index contributed by atoms with van der Waals surface area (Å²) in [6.45, 7) is 3.75. The SMILES string of the molecule is COC[C@H]1CC2(CCN(C(=O)N(C)C)CC2)CN1C. The molecule has 2 aliphatic rings. The maximum absolute atomic E-state index is 12.0. The molecule has 2 amide bonds. The molecule has 2 aliphatic heterocycles. The Morgan fingerprint density at radius 2 is 2.00 bits per heavy atom. The first-order chi connectivity index (χ1) is 8.97. The second-order valence-corrected chi connectivity index (χ2v) is 6.39. The van der Waals surface area contributed by atoms with E-state index in [1.165, 1.54) is 6.42 Å². The molecule has 2 fully saturated rings. The van der Waals surface area contributed by atoms with Crippen LogP contribution in [0.1, 0.15) is 19.3 Å². The molecule has 0 radical (unpaired) electrons. The number of nitrogens with zero attached hydrogens (tertiary/aromatic N) is 3. The average Bonchev–Trinajstić information content (AvgIpc) is 2.66. The van der Waals surface area contributed by atoms with Crippen LogP contribution in [0.2, 0.25) is 0 Å². The lowest BCUT2D eigenvalue weighted by Crippen LogP contribution is -2.47. The first-order valence-electron chi connectivity index (χ1n) is 7.13. The first-order valence-corrected chi connectivity index (χ1v) is 7.13. The van der Waals surface area contributed by atoms with Gasteiger partial charge in [0.25, 0.3) is 0 Å². The predicted octanol–water partition coefficient (Wildman–Crippen LogP) is 1.10. The molecule has 0 saturated carbocycles. The third kappa shape index (κ3) is 3.03. The monoisotopic (exact) mass is 269 g/mol. The van der Waals surface area contributed by atoms with Gasteiger partial charge in [0.2, 0.25) is 0 Å². The van der Waals surface area contributed by atoms with Gasteiger partial charge in [-0.25, -0.2) is 4.79 Å². The molecule has 0 unspecified atom stereocenters. The smallest absolute Gasteiger partial charge is 0.319 e. The second kappa shape index (κ2) is 5.67. The van der Waals surface area contributed by atoms with Crippen LogP contribution in [0.15, 0.2) is 0 Å². The summed E-state index contributed by atoms with van der Waals surface area (Å²) >= 11 is 0. The van der Waals surface area contributed by atoms with Crippen molar-refractivity contribution in [3.05, 3.63) is 0 Å². The van der Waals surface area contributed by atoms with Crippen molar-refractivity contribution in [3.63, 3.8) is 0 Å². The van der Waals surface area contributed by atoms with Gasteiger partial charge < -0.3 is 19.4 Å². The van der Waals surface area contributed by atoms with E-state index in [1.807, 2.05) is 19.0 Å². The molecule has 0 bridgehead atoms. The minimum Gasteiger partial charge on any atom is -0.383 e. The van der Waals surface area contributed by atoms with Crippen LogP contribution in [0.5, 0.6) is 0 Å². The highest BCUT2D eigenvalue weighted by Crippen LogP contribution is 2.42. The van der Waals surface area contributed by atoms with E-state index in [0.717, 1.165) is 39.1 Å². The molecule has 0 N–H and O–H groups in total. The molecule has 2 heterocycles. The Labute approximate surface area is 116 Å². The van der Waals surface area contributed by atoms with Crippen LogP contribution in [-0.4, -0.2) is 81.3 Å². The lowest BCUT2D eigenvalue weighted by molar-refractivity contribution is 0.108. The van der Waals surface area contributed by atoms with E-state index >= 15 is 0 Å². The molecule has 0 aromatic heterocycles. The van der Waals surface area contributed by atoms with Gasteiger partial charge >= 0.3 is 6.03 Å². The van der Waals surface area contributed by atoms with E-state index in [-0.39, 0.29) is 6.03 Å². The van der Waals surface area contributed by atoms with Crippen molar-refractivity contribution >= 4 is 6.03 Å². The number of urea groups is 1. The van der Waals surface area contributed by atoms with Gasteiger partial charge in [0, 0.05) is 46.9 Å². The molecule has 0 aromatic carbocycles. The van der Waals surface area contributed by atoms with Crippen molar-refractivity contribution in [2.75, 3.05) is 54.5 Å². The zero-order chi connectivity index (χ0) is 14.0. The van der Waals surface area contributed by atoms with Crippen LogP contribution in [-0.2, 0) is 4.74 Å². The Morgan fingerprint density at radius 1 is 1.37 bits per heavy atom. The third-order valence-electron chi connectivity index (χ3n) is 4.71. The molecular weight excluding hydrogens is 242 g/mol. The van der Waals surface area contributed by atoms with Crippen LogP contribution in [0, 0.1) is 5.41 Å². The van der Waals surface area contributed by atoms with Crippen molar-refractivity contribution in [1.82, 2.24) is 14.7 Å². The molecule has 0 aromatic rings. The maximum Gasteiger partial charge on any atom is 0.319 e. The summed E-state index contributed by atoms with van der Waals surface area (Å²) in [5.41, 5.74) is 0.404. The van der Waals surface area contributed by atoms with Crippen molar-refractivity contribution in [2.45, 2.75) is 25.3 Å². The van der Waals surface area contributed by atoms with Gasteiger partial charge in [-0.3, -0.25) is 0 Å². The molecule has 0 aliphatic carbocycles.